The van der Waals surface area contributed by atoms with Crippen LogP contribution in [0.4, 0.5) is 0 Å². The number of rotatable bonds is 9. The molecule has 0 spiro atoms. The highest BCUT2D eigenvalue weighted by Gasteiger charge is 2.19. The summed E-state index contributed by atoms with van der Waals surface area (Å²) >= 11 is 12.0. The highest BCUT2D eigenvalue weighted by Crippen LogP contribution is 2.22. The number of hydrogen-bond acceptors (Lipinski definition) is 3. The van der Waals surface area contributed by atoms with Crippen molar-refractivity contribution in [2.24, 2.45) is 0 Å². The van der Waals surface area contributed by atoms with E-state index in [4.69, 9.17) is 32.9 Å². The first-order valence-electron chi connectivity index (χ1n) is 10.9. The van der Waals surface area contributed by atoms with Crippen LogP contribution in [0.5, 0.6) is 5.75 Å². The van der Waals surface area contributed by atoms with Gasteiger partial charge in [-0.15, -0.1) is 0 Å². The molecule has 0 radical (unpaired) electrons. The molecular formula is C26H25Cl2N3O2. The summed E-state index contributed by atoms with van der Waals surface area (Å²) in [6.45, 7) is 3.34. The topological polar surface area (TPSA) is 56.2 Å². The quantitative estimate of drug-likeness (QED) is 0.270. The molecule has 0 aliphatic heterocycles. The molecule has 0 aliphatic carbocycles. The van der Waals surface area contributed by atoms with Crippen LogP contribution in [0.3, 0.4) is 0 Å². The Bertz CT molecular complexity index is 1240. The van der Waals surface area contributed by atoms with Gasteiger partial charge in [-0.25, -0.2) is 4.98 Å². The lowest BCUT2D eigenvalue weighted by Gasteiger charge is -2.17. The Hall–Kier alpha value is -3.02. The van der Waals surface area contributed by atoms with E-state index in [0.29, 0.717) is 22.2 Å². The first-order valence-corrected chi connectivity index (χ1v) is 11.7. The largest absolute Gasteiger partial charge is 0.494 e. The van der Waals surface area contributed by atoms with Crippen LogP contribution in [-0.2, 0) is 6.54 Å². The molecule has 1 unspecified atom stereocenters. The molecule has 0 fully saturated rings. The standard InChI is InChI=1S/C26H25Cl2N3O2/c1-18(29-26(32)19-7-6-8-21(28)17-19)25-30-23-9-2-3-10-24(23)31(25)15-4-5-16-33-22-13-11-20(27)12-14-22/h2-3,6-14,17-18H,4-5,15-16H2,1H3,(H,29,32). The number of amides is 1. The van der Waals surface area contributed by atoms with Crippen molar-refractivity contribution in [2.45, 2.75) is 32.4 Å². The molecule has 5 nitrogen and oxygen atoms in total. The first kappa shape index (κ1) is 23.1. The van der Waals surface area contributed by atoms with Crippen molar-refractivity contribution >= 4 is 40.1 Å². The van der Waals surface area contributed by atoms with Crippen molar-refractivity contribution in [3.63, 3.8) is 0 Å². The van der Waals surface area contributed by atoms with Gasteiger partial charge in [0.2, 0.25) is 0 Å². The molecule has 1 heterocycles. The summed E-state index contributed by atoms with van der Waals surface area (Å²) in [7, 11) is 0. The number of benzene rings is 3. The third-order valence-electron chi connectivity index (χ3n) is 5.36. The van der Waals surface area contributed by atoms with E-state index in [1.54, 1.807) is 24.3 Å². The number of imidazole rings is 1. The average molecular weight is 482 g/mol. The van der Waals surface area contributed by atoms with Crippen LogP contribution in [0.1, 0.15) is 42.0 Å². The number of carbonyl (C=O) groups excluding carboxylic acids is 1. The fraction of sp³-hybridized carbons (Fsp3) is 0.231. The predicted octanol–water partition coefficient (Wildman–Crippen LogP) is 6.69. The Labute approximate surface area is 203 Å². The molecule has 0 saturated carbocycles. The van der Waals surface area contributed by atoms with Gasteiger partial charge in [0.1, 0.15) is 11.6 Å². The molecule has 0 bridgehead atoms. The van der Waals surface area contributed by atoms with Gasteiger partial charge in [-0.3, -0.25) is 4.79 Å². The predicted molar refractivity (Wildman–Crippen MR) is 133 cm³/mol. The first-order chi connectivity index (χ1) is 16.0. The normalized spacial score (nSPS) is 12.0. The summed E-state index contributed by atoms with van der Waals surface area (Å²) < 4.78 is 7.99. The SMILES string of the molecule is CC(NC(=O)c1cccc(Cl)c1)c1nc2ccccc2n1CCCCOc1ccc(Cl)cc1. The molecule has 3 aromatic carbocycles. The van der Waals surface area contributed by atoms with E-state index in [0.717, 1.165) is 42.0 Å². The summed E-state index contributed by atoms with van der Waals surface area (Å²) in [5.41, 5.74) is 2.49. The minimum atomic E-state index is -0.269. The highest BCUT2D eigenvalue weighted by molar-refractivity contribution is 6.31. The Morgan fingerprint density at radius 2 is 1.79 bits per heavy atom. The smallest absolute Gasteiger partial charge is 0.251 e. The van der Waals surface area contributed by atoms with Crippen molar-refractivity contribution in [3.05, 3.63) is 94.2 Å². The van der Waals surface area contributed by atoms with Gasteiger partial charge < -0.3 is 14.6 Å². The number of fused-ring (bicyclic) bond motifs is 1. The fourth-order valence-corrected chi connectivity index (χ4v) is 4.04. The van der Waals surface area contributed by atoms with E-state index in [9.17, 15) is 4.79 Å². The van der Waals surface area contributed by atoms with Crippen LogP contribution < -0.4 is 10.1 Å². The molecule has 4 rings (SSSR count). The van der Waals surface area contributed by atoms with E-state index < -0.39 is 0 Å². The summed E-state index contributed by atoms with van der Waals surface area (Å²) in [6.07, 6.45) is 1.80. The van der Waals surface area contributed by atoms with Crippen LogP contribution in [0.2, 0.25) is 10.0 Å². The number of ether oxygens (including phenoxy) is 1. The van der Waals surface area contributed by atoms with Crippen LogP contribution in [-0.4, -0.2) is 22.1 Å². The summed E-state index contributed by atoms with van der Waals surface area (Å²) in [6, 6.07) is 22.1. The zero-order valence-electron chi connectivity index (χ0n) is 18.3. The van der Waals surface area contributed by atoms with Gasteiger partial charge in [0.25, 0.3) is 5.91 Å². The van der Waals surface area contributed by atoms with Crippen molar-refractivity contribution < 1.29 is 9.53 Å². The molecule has 7 heteroatoms. The van der Waals surface area contributed by atoms with E-state index >= 15 is 0 Å². The van der Waals surface area contributed by atoms with Gasteiger partial charge in [-0.05, 0) is 74.4 Å². The number of para-hydroxylation sites is 2. The number of carbonyl (C=O) groups is 1. The molecule has 1 aromatic heterocycles. The van der Waals surface area contributed by atoms with E-state index in [-0.39, 0.29) is 11.9 Å². The molecule has 4 aromatic rings. The lowest BCUT2D eigenvalue weighted by atomic mass is 10.2. The minimum absolute atomic E-state index is 0.181. The van der Waals surface area contributed by atoms with Gasteiger partial charge in [-0.1, -0.05) is 41.4 Å². The van der Waals surface area contributed by atoms with Gasteiger partial charge in [0.15, 0.2) is 0 Å². The second kappa shape index (κ2) is 10.7. The van der Waals surface area contributed by atoms with Crippen molar-refractivity contribution in [1.29, 1.82) is 0 Å². The van der Waals surface area contributed by atoms with Gasteiger partial charge in [-0.2, -0.15) is 0 Å². The highest BCUT2D eigenvalue weighted by atomic mass is 35.5. The number of aromatic nitrogens is 2. The van der Waals surface area contributed by atoms with E-state index in [1.807, 2.05) is 49.4 Å². The number of aryl methyl sites for hydroxylation is 1. The number of hydrogen-bond donors (Lipinski definition) is 1. The summed E-state index contributed by atoms with van der Waals surface area (Å²) in [5.74, 6) is 1.45. The van der Waals surface area contributed by atoms with Crippen LogP contribution in [0, 0.1) is 0 Å². The summed E-state index contributed by atoms with van der Waals surface area (Å²) in [5, 5.41) is 4.28. The monoisotopic (exact) mass is 481 g/mol. The number of halogens is 2. The molecule has 0 aliphatic rings. The Morgan fingerprint density at radius 3 is 2.58 bits per heavy atom. The van der Waals surface area contributed by atoms with E-state index in [1.165, 1.54) is 0 Å². The Balaban J connectivity index is 1.42. The van der Waals surface area contributed by atoms with Gasteiger partial charge in [0.05, 0.1) is 23.7 Å². The zero-order valence-corrected chi connectivity index (χ0v) is 19.8. The maximum atomic E-state index is 12.7. The second-order valence-corrected chi connectivity index (χ2v) is 8.70. The molecule has 33 heavy (non-hydrogen) atoms. The van der Waals surface area contributed by atoms with Crippen LogP contribution in [0.25, 0.3) is 11.0 Å². The molecule has 1 atom stereocenters. The van der Waals surface area contributed by atoms with E-state index in [2.05, 4.69) is 16.0 Å². The fourth-order valence-electron chi connectivity index (χ4n) is 3.73. The van der Waals surface area contributed by atoms with Crippen molar-refractivity contribution in [3.8, 4) is 5.75 Å². The molecular weight excluding hydrogens is 457 g/mol. The van der Waals surface area contributed by atoms with Crippen LogP contribution >= 0.6 is 23.2 Å². The number of nitrogens with one attached hydrogen (secondary N) is 1. The lowest BCUT2D eigenvalue weighted by Crippen LogP contribution is -2.28. The summed E-state index contributed by atoms with van der Waals surface area (Å²) in [4.78, 5) is 17.5. The maximum Gasteiger partial charge on any atom is 0.251 e. The van der Waals surface area contributed by atoms with Gasteiger partial charge >= 0.3 is 0 Å². The molecule has 1 amide bonds. The lowest BCUT2D eigenvalue weighted by molar-refractivity contribution is 0.0937. The number of unbranched alkanes of at least 4 members (excludes halogenated alkanes) is 1. The molecule has 170 valence electrons. The second-order valence-electron chi connectivity index (χ2n) is 7.83. The Morgan fingerprint density at radius 1 is 1.00 bits per heavy atom. The van der Waals surface area contributed by atoms with Crippen molar-refractivity contribution in [1.82, 2.24) is 14.9 Å². The van der Waals surface area contributed by atoms with Gasteiger partial charge in [0, 0.05) is 22.2 Å². The zero-order chi connectivity index (χ0) is 23.2. The maximum absolute atomic E-state index is 12.7. The van der Waals surface area contributed by atoms with Crippen LogP contribution in [0.15, 0.2) is 72.8 Å². The minimum Gasteiger partial charge on any atom is -0.494 e. The average Bonchev–Trinajstić information content (AvgIpc) is 3.19. The number of nitrogens with zero attached hydrogens (tertiary/aromatic N) is 2. The third kappa shape index (κ3) is 5.86. The molecule has 1 N–H and O–H groups in total. The Kier molecular flexibility index (Phi) is 7.53. The van der Waals surface area contributed by atoms with Crippen molar-refractivity contribution in [2.75, 3.05) is 6.61 Å². The third-order valence-corrected chi connectivity index (χ3v) is 5.85. The molecule has 0 saturated heterocycles.